The fourth-order valence-corrected chi connectivity index (χ4v) is 2.70. The first kappa shape index (κ1) is 14.3. The average molecular weight is 278 g/mol. The normalized spacial score (nSPS) is 15.1. The molecular weight excluding hydrogens is 256 g/mol. The van der Waals surface area contributed by atoms with Gasteiger partial charge < -0.3 is 15.7 Å². The van der Waals surface area contributed by atoms with Gasteiger partial charge in [0.05, 0.1) is 0 Å². The van der Waals surface area contributed by atoms with Gasteiger partial charge in [0.1, 0.15) is 4.99 Å². The van der Waals surface area contributed by atoms with Gasteiger partial charge in [-0.15, -0.1) is 0 Å². The van der Waals surface area contributed by atoms with Crippen LogP contribution in [0.15, 0.2) is 18.2 Å². The maximum atomic E-state index is 9.09. The van der Waals surface area contributed by atoms with E-state index in [1.54, 1.807) is 0 Å². The molecule has 1 aliphatic carbocycles. The van der Waals surface area contributed by atoms with Crippen LogP contribution in [0.3, 0.4) is 0 Å². The van der Waals surface area contributed by atoms with Crippen LogP contribution >= 0.6 is 12.2 Å². The average Bonchev–Trinajstić information content (AvgIpc) is 2.31. The summed E-state index contributed by atoms with van der Waals surface area (Å²) in [5.74, 6) is 0. The Kier molecular flexibility index (Phi) is 4.77. The first-order valence-corrected chi connectivity index (χ1v) is 7.32. The van der Waals surface area contributed by atoms with Crippen LogP contribution in [-0.4, -0.2) is 29.3 Å². The Hall–Kier alpha value is -1.13. The van der Waals surface area contributed by atoms with Gasteiger partial charge in [0.15, 0.2) is 0 Å². The molecule has 0 spiro atoms. The minimum atomic E-state index is 0.220. The van der Waals surface area contributed by atoms with Gasteiger partial charge in [-0.3, -0.25) is 0 Å². The van der Waals surface area contributed by atoms with Gasteiger partial charge in [0, 0.05) is 30.4 Å². The molecule has 19 heavy (non-hydrogen) atoms. The summed E-state index contributed by atoms with van der Waals surface area (Å²) in [7, 11) is 0. The Bertz CT molecular complexity index is 457. The fourth-order valence-electron chi connectivity index (χ4n) is 2.53. The molecule has 1 aromatic carbocycles. The summed E-state index contributed by atoms with van der Waals surface area (Å²) in [4.78, 5) is 2.82. The lowest BCUT2D eigenvalue weighted by molar-refractivity contribution is 0.283. The largest absolute Gasteiger partial charge is 0.396 e. The number of thiocarbonyl (C=S) groups is 1. The molecule has 0 atom stereocenters. The van der Waals surface area contributed by atoms with E-state index in [0.29, 0.717) is 11.0 Å². The van der Waals surface area contributed by atoms with E-state index in [4.69, 9.17) is 23.1 Å². The molecular formula is C15H22N2OS. The Morgan fingerprint density at radius 2 is 2.21 bits per heavy atom. The second kappa shape index (κ2) is 6.35. The number of aryl methyl sites for hydroxylation is 1. The van der Waals surface area contributed by atoms with Crippen LogP contribution < -0.4 is 10.6 Å². The van der Waals surface area contributed by atoms with E-state index in [2.05, 4.69) is 17.9 Å². The smallest absolute Gasteiger partial charge is 0.106 e. The monoisotopic (exact) mass is 278 g/mol. The van der Waals surface area contributed by atoms with E-state index in [9.17, 15) is 0 Å². The summed E-state index contributed by atoms with van der Waals surface area (Å²) in [5, 5.41) is 9.09. The van der Waals surface area contributed by atoms with E-state index >= 15 is 0 Å². The summed E-state index contributed by atoms with van der Waals surface area (Å²) in [5.41, 5.74) is 9.14. The molecule has 0 aliphatic heterocycles. The van der Waals surface area contributed by atoms with Crippen molar-refractivity contribution < 1.29 is 5.11 Å². The molecule has 1 fully saturated rings. The summed E-state index contributed by atoms with van der Waals surface area (Å²) in [6.07, 6.45) is 4.50. The number of rotatable bonds is 6. The highest BCUT2D eigenvalue weighted by atomic mass is 32.1. The SMILES string of the molecule is Cc1ccc(C(N)=S)c(N(CCCO)C2CCC2)c1. The first-order valence-electron chi connectivity index (χ1n) is 6.91. The second-order valence-electron chi connectivity index (χ2n) is 5.24. The minimum Gasteiger partial charge on any atom is -0.396 e. The topological polar surface area (TPSA) is 49.5 Å². The zero-order valence-electron chi connectivity index (χ0n) is 11.4. The Morgan fingerprint density at radius 3 is 2.74 bits per heavy atom. The molecule has 1 aliphatic rings. The van der Waals surface area contributed by atoms with Crippen molar-refractivity contribution in [1.29, 1.82) is 0 Å². The molecule has 0 bridgehead atoms. The van der Waals surface area contributed by atoms with Crippen LogP contribution in [0.4, 0.5) is 5.69 Å². The number of benzene rings is 1. The first-order chi connectivity index (χ1) is 9.13. The predicted molar refractivity (Wildman–Crippen MR) is 83.8 cm³/mol. The molecule has 4 heteroatoms. The summed E-state index contributed by atoms with van der Waals surface area (Å²) in [6, 6.07) is 6.78. The minimum absolute atomic E-state index is 0.220. The zero-order chi connectivity index (χ0) is 13.8. The highest BCUT2D eigenvalue weighted by molar-refractivity contribution is 7.80. The quantitative estimate of drug-likeness (QED) is 0.784. The van der Waals surface area contributed by atoms with Crippen LogP contribution in [0.5, 0.6) is 0 Å². The zero-order valence-corrected chi connectivity index (χ0v) is 12.2. The molecule has 1 saturated carbocycles. The third kappa shape index (κ3) is 3.25. The Morgan fingerprint density at radius 1 is 1.47 bits per heavy atom. The predicted octanol–water partition coefficient (Wildman–Crippen LogP) is 2.37. The van der Waals surface area contributed by atoms with Gasteiger partial charge in [-0.25, -0.2) is 0 Å². The van der Waals surface area contributed by atoms with Gasteiger partial charge in [0.25, 0.3) is 0 Å². The summed E-state index contributed by atoms with van der Waals surface area (Å²) >= 11 is 5.17. The number of anilines is 1. The maximum absolute atomic E-state index is 9.09. The van der Waals surface area contributed by atoms with Crippen LogP contribution in [0, 0.1) is 6.92 Å². The number of nitrogens with two attached hydrogens (primary N) is 1. The van der Waals surface area contributed by atoms with Gasteiger partial charge >= 0.3 is 0 Å². The third-order valence-corrected chi connectivity index (χ3v) is 4.02. The van der Waals surface area contributed by atoms with Crippen LogP contribution in [-0.2, 0) is 0 Å². The molecule has 104 valence electrons. The lowest BCUT2D eigenvalue weighted by Crippen LogP contribution is -2.42. The number of aliphatic hydroxyl groups is 1. The van der Waals surface area contributed by atoms with E-state index in [1.807, 2.05) is 12.1 Å². The molecule has 0 saturated heterocycles. The fraction of sp³-hybridized carbons (Fsp3) is 0.533. The van der Waals surface area contributed by atoms with E-state index in [0.717, 1.165) is 24.2 Å². The molecule has 3 N–H and O–H groups in total. The van der Waals surface area contributed by atoms with Gasteiger partial charge in [0.2, 0.25) is 0 Å². The van der Waals surface area contributed by atoms with Crippen molar-refractivity contribution in [3.05, 3.63) is 29.3 Å². The number of hydrogen-bond acceptors (Lipinski definition) is 3. The Labute approximate surface area is 120 Å². The molecule has 3 nitrogen and oxygen atoms in total. The summed E-state index contributed by atoms with van der Waals surface area (Å²) in [6.45, 7) is 3.16. The molecule has 0 aromatic heterocycles. The van der Waals surface area contributed by atoms with Crippen molar-refractivity contribution >= 4 is 22.9 Å². The van der Waals surface area contributed by atoms with Gasteiger partial charge in [-0.05, 0) is 50.3 Å². The molecule has 0 heterocycles. The number of hydrogen-bond donors (Lipinski definition) is 2. The molecule has 2 rings (SSSR count). The van der Waals surface area contributed by atoms with E-state index in [1.165, 1.54) is 24.8 Å². The molecule has 0 amide bonds. The number of aliphatic hydroxyl groups excluding tert-OH is 1. The lowest BCUT2D eigenvalue weighted by Gasteiger charge is -2.40. The van der Waals surface area contributed by atoms with Crippen molar-refractivity contribution in [2.24, 2.45) is 5.73 Å². The van der Waals surface area contributed by atoms with Crippen LogP contribution in [0.2, 0.25) is 0 Å². The van der Waals surface area contributed by atoms with Crippen molar-refractivity contribution in [1.82, 2.24) is 0 Å². The van der Waals surface area contributed by atoms with Gasteiger partial charge in [-0.1, -0.05) is 18.3 Å². The standard InChI is InChI=1S/C15H22N2OS/c1-11-6-7-13(15(16)19)14(10-11)17(8-3-9-18)12-4-2-5-12/h6-7,10,12,18H,2-5,8-9H2,1H3,(H2,16,19). The highest BCUT2D eigenvalue weighted by Crippen LogP contribution is 2.32. The third-order valence-electron chi connectivity index (χ3n) is 3.80. The van der Waals surface area contributed by atoms with E-state index in [-0.39, 0.29) is 6.61 Å². The number of nitrogens with zero attached hydrogens (tertiary/aromatic N) is 1. The van der Waals surface area contributed by atoms with Crippen LogP contribution in [0.1, 0.15) is 36.8 Å². The molecule has 0 radical (unpaired) electrons. The summed E-state index contributed by atoms with van der Waals surface area (Å²) < 4.78 is 0. The second-order valence-corrected chi connectivity index (χ2v) is 5.68. The molecule has 0 unspecified atom stereocenters. The van der Waals surface area contributed by atoms with Crippen molar-refractivity contribution in [2.45, 2.75) is 38.6 Å². The van der Waals surface area contributed by atoms with Gasteiger partial charge in [-0.2, -0.15) is 0 Å². The molecule has 1 aromatic rings. The highest BCUT2D eigenvalue weighted by Gasteiger charge is 2.26. The van der Waals surface area contributed by atoms with Crippen LogP contribution in [0.25, 0.3) is 0 Å². The van der Waals surface area contributed by atoms with Crippen molar-refractivity contribution in [3.63, 3.8) is 0 Å². The lowest BCUT2D eigenvalue weighted by atomic mass is 9.90. The van der Waals surface area contributed by atoms with E-state index < -0.39 is 0 Å². The van der Waals surface area contributed by atoms with Crippen molar-refractivity contribution in [2.75, 3.05) is 18.1 Å². The Balaban J connectivity index is 2.33. The van der Waals surface area contributed by atoms with Crippen molar-refractivity contribution in [3.8, 4) is 0 Å². The maximum Gasteiger partial charge on any atom is 0.106 e.